The van der Waals surface area contributed by atoms with Crippen LogP contribution in [0, 0.1) is 6.92 Å². The van der Waals surface area contributed by atoms with E-state index >= 15 is 0 Å². The second kappa shape index (κ2) is 9.28. The first-order chi connectivity index (χ1) is 17.0. The van der Waals surface area contributed by atoms with Gasteiger partial charge in [-0.1, -0.05) is 25.5 Å². The minimum Gasteiger partial charge on any atom is -0.322 e. The summed E-state index contributed by atoms with van der Waals surface area (Å²) in [5.74, 6) is 1.40. The molecule has 0 bridgehead atoms. The van der Waals surface area contributed by atoms with Gasteiger partial charge in [0.15, 0.2) is 5.82 Å². The van der Waals surface area contributed by atoms with Crippen LogP contribution in [-0.2, 0) is 19.5 Å². The van der Waals surface area contributed by atoms with Crippen molar-refractivity contribution in [2.45, 2.75) is 59.0 Å². The molecule has 3 aromatic heterocycles. The molecule has 5 rings (SSSR count). The summed E-state index contributed by atoms with van der Waals surface area (Å²) in [7, 11) is 0. The summed E-state index contributed by atoms with van der Waals surface area (Å²) in [6.45, 7) is 5.14. The van der Waals surface area contributed by atoms with Crippen molar-refractivity contribution in [1.29, 1.82) is 0 Å². The molecule has 180 valence electrons. The van der Waals surface area contributed by atoms with Gasteiger partial charge < -0.3 is 9.88 Å². The number of carbonyl (C=O) groups is 1. The van der Waals surface area contributed by atoms with Crippen LogP contribution in [0.5, 0.6) is 0 Å². The van der Waals surface area contributed by atoms with Crippen LogP contribution in [0.2, 0.25) is 0 Å². The van der Waals surface area contributed by atoms with Gasteiger partial charge in [-0.05, 0) is 43.9 Å². The summed E-state index contributed by atoms with van der Waals surface area (Å²) >= 11 is 0. The van der Waals surface area contributed by atoms with Gasteiger partial charge in [-0.15, -0.1) is 10.2 Å². The van der Waals surface area contributed by atoms with E-state index in [9.17, 15) is 14.4 Å². The first-order valence-electron chi connectivity index (χ1n) is 11.9. The summed E-state index contributed by atoms with van der Waals surface area (Å²) in [6.07, 6.45) is 6.40. The van der Waals surface area contributed by atoms with Crippen molar-refractivity contribution >= 4 is 22.6 Å². The van der Waals surface area contributed by atoms with Crippen LogP contribution in [-0.4, -0.2) is 35.2 Å². The molecular formula is C25H27N7O3. The number of nitrogens with zero attached hydrogens (tertiary/aromatic N) is 5. The minimum atomic E-state index is -0.565. The molecule has 0 fully saturated rings. The fourth-order valence-corrected chi connectivity index (χ4v) is 4.51. The normalized spacial score (nSPS) is 13.4. The van der Waals surface area contributed by atoms with Crippen molar-refractivity contribution < 1.29 is 4.79 Å². The third-order valence-electron chi connectivity index (χ3n) is 6.40. The molecule has 2 N–H and O–H groups in total. The van der Waals surface area contributed by atoms with Gasteiger partial charge in [0.05, 0.1) is 10.9 Å². The third-order valence-corrected chi connectivity index (χ3v) is 6.40. The van der Waals surface area contributed by atoms with Gasteiger partial charge in [0.1, 0.15) is 11.5 Å². The number of rotatable bonds is 5. The van der Waals surface area contributed by atoms with E-state index in [1.54, 1.807) is 0 Å². The van der Waals surface area contributed by atoms with Gasteiger partial charge in [-0.3, -0.25) is 19.1 Å². The predicted octanol–water partition coefficient (Wildman–Crippen LogP) is 3.04. The Balaban J connectivity index is 1.47. The molecule has 0 radical (unpaired) electrons. The van der Waals surface area contributed by atoms with E-state index in [4.69, 9.17) is 0 Å². The standard InChI is InChI=1S/C25H27N7O3/c1-3-10-32-22-18(24(34)28-25(32)35)12-17(14-26-22)23(33)27-19-13-16(9-8-15(19)2)21-30-29-20-7-5-4-6-11-31(20)21/h8-9,12-14H,3-7,10-11H2,1-2H3,(H,27,33)(H,28,34,35). The van der Waals surface area contributed by atoms with Gasteiger partial charge in [-0.2, -0.15) is 0 Å². The number of hydrogen-bond acceptors (Lipinski definition) is 6. The highest BCUT2D eigenvalue weighted by Crippen LogP contribution is 2.27. The van der Waals surface area contributed by atoms with E-state index < -0.39 is 17.2 Å². The lowest BCUT2D eigenvalue weighted by Crippen LogP contribution is -2.31. The van der Waals surface area contributed by atoms with Crippen LogP contribution in [0.15, 0.2) is 40.1 Å². The van der Waals surface area contributed by atoms with E-state index in [0.29, 0.717) is 18.7 Å². The second-order valence-corrected chi connectivity index (χ2v) is 8.89. The Kier molecular flexibility index (Phi) is 6.02. The fourth-order valence-electron chi connectivity index (χ4n) is 4.51. The molecule has 4 aromatic rings. The SMILES string of the molecule is CCCn1c(=O)[nH]c(=O)c2cc(C(=O)Nc3cc(-c4nnc5n4CCCCC5)ccc3C)cnc21. The number of aromatic nitrogens is 6. The van der Waals surface area contributed by atoms with Gasteiger partial charge >= 0.3 is 5.69 Å². The second-order valence-electron chi connectivity index (χ2n) is 8.89. The van der Waals surface area contributed by atoms with Gasteiger partial charge in [-0.25, -0.2) is 9.78 Å². The molecule has 0 atom stereocenters. The van der Waals surface area contributed by atoms with E-state index in [0.717, 1.165) is 48.6 Å². The van der Waals surface area contributed by atoms with Crippen molar-refractivity contribution in [3.05, 3.63) is 68.3 Å². The maximum Gasteiger partial charge on any atom is 0.329 e. The highest BCUT2D eigenvalue weighted by Gasteiger charge is 2.18. The average molecular weight is 474 g/mol. The molecule has 1 aliphatic heterocycles. The van der Waals surface area contributed by atoms with E-state index in [1.165, 1.54) is 23.3 Å². The van der Waals surface area contributed by atoms with Crippen LogP contribution < -0.4 is 16.6 Å². The molecule has 0 aliphatic carbocycles. The fraction of sp³-hybridized carbons (Fsp3) is 0.360. The van der Waals surface area contributed by atoms with Crippen LogP contribution >= 0.6 is 0 Å². The number of hydrogen-bond donors (Lipinski definition) is 2. The van der Waals surface area contributed by atoms with Crippen LogP contribution in [0.25, 0.3) is 22.4 Å². The molecule has 0 unspecified atom stereocenters. The van der Waals surface area contributed by atoms with Gasteiger partial charge in [0, 0.05) is 37.0 Å². The number of benzene rings is 1. The van der Waals surface area contributed by atoms with Crippen molar-refractivity contribution in [2.75, 3.05) is 5.32 Å². The Morgan fingerprint density at radius 3 is 2.83 bits per heavy atom. The summed E-state index contributed by atoms with van der Waals surface area (Å²) in [4.78, 5) is 44.3. The summed E-state index contributed by atoms with van der Waals surface area (Å²) in [5.41, 5.74) is 1.83. The Hall–Kier alpha value is -4.08. The summed E-state index contributed by atoms with van der Waals surface area (Å²) < 4.78 is 3.58. The smallest absolute Gasteiger partial charge is 0.322 e. The van der Waals surface area contributed by atoms with Crippen molar-refractivity contribution in [1.82, 2.24) is 29.3 Å². The Bertz CT molecular complexity index is 1550. The lowest BCUT2D eigenvalue weighted by atomic mass is 10.1. The maximum absolute atomic E-state index is 13.1. The number of carbonyl (C=O) groups excluding carboxylic acids is 1. The predicted molar refractivity (Wildman–Crippen MR) is 133 cm³/mol. The van der Waals surface area contributed by atoms with E-state index in [2.05, 4.69) is 30.0 Å². The Morgan fingerprint density at radius 1 is 1.14 bits per heavy atom. The quantitative estimate of drug-likeness (QED) is 0.459. The van der Waals surface area contributed by atoms with Crippen LogP contribution in [0.3, 0.4) is 0 Å². The van der Waals surface area contributed by atoms with Crippen molar-refractivity contribution in [3.63, 3.8) is 0 Å². The van der Waals surface area contributed by atoms with Crippen LogP contribution in [0.4, 0.5) is 5.69 Å². The van der Waals surface area contributed by atoms with E-state index in [1.807, 2.05) is 32.0 Å². The highest BCUT2D eigenvalue weighted by molar-refractivity contribution is 6.06. The zero-order chi connectivity index (χ0) is 24.5. The zero-order valence-corrected chi connectivity index (χ0v) is 19.8. The number of aromatic amines is 1. The molecule has 0 spiro atoms. The zero-order valence-electron chi connectivity index (χ0n) is 19.8. The lowest BCUT2D eigenvalue weighted by Gasteiger charge is -2.12. The Labute approximate surface area is 201 Å². The highest BCUT2D eigenvalue weighted by atomic mass is 16.2. The van der Waals surface area contributed by atoms with E-state index in [-0.39, 0.29) is 16.6 Å². The number of H-pyrrole nitrogens is 1. The summed E-state index contributed by atoms with van der Waals surface area (Å²) in [5, 5.41) is 11.9. The molecular weight excluding hydrogens is 446 g/mol. The minimum absolute atomic E-state index is 0.197. The molecule has 0 saturated heterocycles. The van der Waals surface area contributed by atoms with Gasteiger partial charge in [0.2, 0.25) is 0 Å². The largest absolute Gasteiger partial charge is 0.329 e. The first kappa shape index (κ1) is 22.7. The number of pyridine rings is 1. The van der Waals surface area contributed by atoms with Crippen molar-refractivity contribution in [2.24, 2.45) is 0 Å². The number of amides is 1. The molecule has 4 heterocycles. The topological polar surface area (TPSA) is 128 Å². The first-order valence-corrected chi connectivity index (χ1v) is 11.9. The molecule has 10 heteroatoms. The summed E-state index contributed by atoms with van der Waals surface area (Å²) in [6, 6.07) is 7.29. The maximum atomic E-state index is 13.1. The number of fused-ring (bicyclic) bond motifs is 2. The number of nitrogens with one attached hydrogen (secondary N) is 2. The molecule has 10 nitrogen and oxygen atoms in total. The monoisotopic (exact) mass is 473 g/mol. The van der Waals surface area contributed by atoms with Crippen LogP contribution in [0.1, 0.15) is 54.4 Å². The molecule has 1 amide bonds. The molecule has 1 aliphatic rings. The molecule has 1 aromatic carbocycles. The number of anilines is 1. The van der Waals surface area contributed by atoms with Crippen molar-refractivity contribution in [3.8, 4) is 11.4 Å². The Morgan fingerprint density at radius 2 is 2.00 bits per heavy atom. The third kappa shape index (κ3) is 4.27. The lowest BCUT2D eigenvalue weighted by molar-refractivity contribution is 0.102. The average Bonchev–Trinajstić information content (AvgIpc) is 3.10. The molecule has 0 saturated carbocycles. The van der Waals surface area contributed by atoms with Gasteiger partial charge in [0.25, 0.3) is 11.5 Å². The molecule has 35 heavy (non-hydrogen) atoms. The number of aryl methyl sites for hydroxylation is 3.